The van der Waals surface area contributed by atoms with E-state index in [-0.39, 0.29) is 0 Å². The standard InChI is InChI=1S/C24H46O4/c1-4-7-8-9-10-11-12-13-14-15-16-17-18-19-20-21-22(23(25)27-5-2)24(26)28-6-3/h22H,4-21H2,1-3H3. The van der Waals surface area contributed by atoms with Crippen molar-refractivity contribution < 1.29 is 19.1 Å². The van der Waals surface area contributed by atoms with Crippen molar-refractivity contribution in [3.05, 3.63) is 0 Å². The highest BCUT2D eigenvalue weighted by Crippen LogP contribution is 2.17. The van der Waals surface area contributed by atoms with Crippen LogP contribution in [0, 0.1) is 5.92 Å². The van der Waals surface area contributed by atoms with E-state index in [0.717, 1.165) is 12.8 Å². The van der Waals surface area contributed by atoms with Crippen LogP contribution < -0.4 is 0 Å². The summed E-state index contributed by atoms with van der Waals surface area (Å²) in [6.45, 7) is 6.38. The Bertz CT molecular complexity index is 350. The van der Waals surface area contributed by atoms with Crippen LogP contribution in [0.15, 0.2) is 0 Å². The number of hydrogen-bond donors (Lipinski definition) is 0. The molecule has 0 aromatic rings. The molecule has 0 radical (unpaired) electrons. The first-order valence-corrected chi connectivity index (χ1v) is 12.0. The van der Waals surface area contributed by atoms with E-state index in [2.05, 4.69) is 6.92 Å². The molecule has 166 valence electrons. The molecule has 0 spiro atoms. The molecule has 0 N–H and O–H groups in total. The topological polar surface area (TPSA) is 52.6 Å². The number of hydrogen-bond acceptors (Lipinski definition) is 4. The smallest absolute Gasteiger partial charge is 0.320 e. The van der Waals surface area contributed by atoms with Crippen LogP contribution in [-0.4, -0.2) is 25.2 Å². The predicted octanol–water partition coefficient (Wildman–Crippen LogP) is 6.99. The number of carbonyl (C=O) groups excluding carboxylic acids is 2. The average Bonchev–Trinajstić information content (AvgIpc) is 2.68. The quantitative estimate of drug-likeness (QED) is 0.126. The van der Waals surface area contributed by atoms with E-state index in [1.54, 1.807) is 13.8 Å². The third-order valence-corrected chi connectivity index (χ3v) is 5.24. The van der Waals surface area contributed by atoms with Gasteiger partial charge in [0, 0.05) is 0 Å². The Morgan fingerprint density at radius 2 is 0.857 bits per heavy atom. The van der Waals surface area contributed by atoms with Gasteiger partial charge in [0.25, 0.3) is 0 Å². The first-order chi connectivity index (χ1) is 13.7. The minimum Gasteiger partial charge on any atom is -0.465 e. The summed E-state index contributed by atoms with van der Waals surface area (Å²) in [5.41, 5.74) is 0. The Morgan fingerprint density at radius 3 is 1.18 bits per heavy atom. The summed E-state index contributed by atoms with van der Waals surface area (Å²) in [4.78, 5) is 23.8. The van der Waals surface area contributed by atoms with Crippen LogP contribution in [0.2, 0.25) is 0 Å². The maximum atomic E-state index is 11.9. The van der Waals surface area contributed by atoms with E-state index < -0.39 is 17.9 Å². The third-order valence-electron chi connectivity index (χ3n) is 5.24. The molecule has 0 aromatic carbocycles. The Morgan fingerprint density at radius 1 is 0.536 bits per heavy atom. The van der Waals surface area contributed by atoms with Gasteiger partial charge in [0.05, 0.1) is 13.2 Å². The largest absolute Gasteiger partial charge is 0.465 e. The zero-order valence-electron chi connectivity index (χ0n) is 18.9. The molecule has 0 unspecified atom stereocenters. The van der Waals surface area contributed by atoms with Crippen LogP contribution in [0.1, 0.15) is 124 Å². The van der Waals surface area contributed by atoms with Crippen molar-refractivity contribution in [1.82, 2.24) is 0 Å². The van der Waals surface area contributed by atoms with Crippen LogP contribution in [0.4, 0.5) is 0 Å². The summed E-state index contributed by atoms with van der Waals surface area (Å²) in [6, 6.07) is 0. The van der Waals surface area contributed by atoms with Crippen molar-refractivity contribution in [1.29, 1.82) is 0 Å². The van der Waals surface area contributed by atoms with E-state index in [1.807, 2.05) is 0 Å². The lowest BCUT2D eigenvalue weighted by Gasteiger charge is -2.14. The molecule has 0 aliphatic rings. The van der Waals surface area contributed by atoms with Crippen LogP contribution in [-0.2, 0) is 19.1 Å². The van der Waals surface area contributed by atoms with Crippen molar-refractivity contribution >= 4 is 11.9 Å². The monoisotopic (exact) mass is 398 g/mol. The van der Waals surface area contributed by atoms with Crippen LogP contribution in [0.5, 0.6) is 0 Å². The van der Waals surface area contributed by atoms with Crippen molar-refractivity contribution in [3.63, 3.8) is 0 Å². The van der Waals surface area contributed by atoms with Crippen molar-refractivity contribution in [2.75, 3.05) is 13.2 Å². The third kappa shape index (κ3) is 15.9. The molecule has 0 saturated carbocycles. The Hall–Kier alpha value is -1.06. The molecule has 0 bridgehead atoms. The second-order valence-corrected chi connectivity index (χ2v) is 7.80. The minimum absolute atomic E-state index is 0.299. The second kappa shape index (κ2) is 20.7. The number of unbranched alkanes of at least 4 members (excludes halogenated alkanes) is 14. The van der Waals surface area contributed by atoms with Crippen molar-refractivity contribution in [3.8, 4) is 0 Å². The zero-order chi connectivity index (χ0) is 20.9. The molecule has 0 fully saturated rings. The van der Waals surface area contributed by atoms with Gasteiger partial charge in [0.15, 0.2) is 5.92 Å². The number of esters is 2. The van der Waals surface area contributed by atoms with Gasteiger partial charge in [-0.2, -0.15) is 0 Å². The molecule has 0 heterocycles. The first-order valence-electron chi connectivity index (χ1n) is 12.0. The summed E-state index contributed by atoms with van der Waals surface area (Å²) in [6.07, 6.45) is 20.1. The fourth-order valence-corrected chi connectivity index (χ4v) is 3.54. The second-order valence-electron chi connectivity index (χ2n) is 7.80. The summed E-state index contributed by atoms with van der Waals surface area (Å²) < 4.78 is 10.0. The molecule has 0 saturated heterocycles. The molecule has 28 heavy (non-hydrogen) atoms. The molecule has 0 aliphatic carbocycles. The fourth-order valence-electron chi connectivity index (χ4n) is 3.54. The molecular formula is C24H46O4. The van der Waals surface area contributed by atoms with Gasteiger partial charge in [-0.25, -0.2) is 0 Å². The van der Waals surface area contributed by atoms with Gasteiger partial charge >= 0.3 is 11.9 Å². The zero-order valence-corrected chi connectivity index (χ0v) is 18.9. The van der Waals surface area contributed by atoms with Gasteiger partial charge in [-0.3, -0.25) is 9.59 Å². The molecular weight excluding hydrogens is 352 g/mol. The van der Waals surface area contributed by atoms with Crippen LogP contribution in [0.3, 0.4) is 0 Å². The lowest BCUT2D eigenvalue weighted by atomic mass is 9.99. The van der Waals surface area contributed by atoms with Gasteiger partial charge < -0.3 is 9.47 Å². The molecule has 0 aliphatic heterocycles. The van der Waals surface area contributed by atoms with Gasteiger partial charge in [0.2, 0.25) is 0 Å². The van der Waals surface area contributed by atoms with E-state index in [9.17, 15) is 9.59 Å². The molecule has 0 rings (SSSR count). The van der Waals surface area contributed by atoms with E-state index in [1.165, 1.54) is 83.5 Å². The molecule has 4 nitrogen and oxygen atoms in total. The summed E-state index contributed by atoms with van der Waals surface area (Å²) >= 11 is 0. The van der Waals surface area contributed by atoms with Gasteiger partial charge in [-0.05, 0) is 20.3 Å². The molecule has 0 atom stereocenters. The highest BCUT2D eigenvalue weighted by atomic mass is 16.6. The van der Waals surface area contributed by atoms with Crippen molar-refractivity contribution in [2.24, 2.45) is 5.92 Å². The minimum atomic E-state index is -0.748. The maximum Gasteiger partial charge on any atom is 0.320 e. The maximum absolute atomic E-state index is 11.9. The first kappa shape index (κ1) is 26.9. The summed E-state index contributed by atoms with van der Waals surface area (Å²) in [7, 11) is 0. The Balaban J connectivity index is 3.55. The highest BCUT2D eigenvalue weighted by Gasteiger charge is 2.28. The normalized spacial score (nSPS) is 11.0. The van der Waals surface area contributed by atoms with E-state index in [0.29, 0.717) is 19.6 Å². The average molecular weight is 399 g/mol. The Kier molecular flexibility index (Phi) is 19.9. The van der Waals surface area contributed by atoms with Gasteiger partial charge in [-0.1, -0.05) is 103 Å². The Labute approximate surface area is 174 Å². The van der Waals surface area contributed by atoms with E-state index in [4.69, 9.17) is 9.47 Å². The molecule has 0 aromatic heterocycles. The molecule has 0 amide bonds. The highest BCUT2D eigenvalue weighted by molar-refractivity contribution is 5.94. The van der Waals surface area contributed by atoms with Crippen LogP contribution in [0.25, 0.3) is 0 Å². The lowest BCUT2D eigenvalue weighted by molar-refractivity contribution is -0.161. The number of rotatable bonds is 20. The SMILES string of the molecule is CCCCCCCCCCCCCCCCCC(C(=O)OCC)C(=O)OCC. The predicted molar refractivity (Wildman–Crippen MR) is 116 cm³/mol. The van der Waals surface area contributed by atoms with Crippen LogP contribution >= 0.6 is 0 Å². The van der Waals surface area contributed by atoms with E-state index >= 15 is 0 Å². The van der Waals surface area contributed by atoms with Gasteiger partial charge in [0.1, 0.15) is 0 Å². The fraction of sp³-hybridized carbons (Fsp3) is 0.917. The number of ether oxygens (including phenoxy) is 2. The van der Waals surface area contributed by atoms with Crippen molar-refractivity contribution in [2.45, 2.75) is 124 Å². The summed E-state index contributed by atoms with van der Waals surface area (Å²) in [5.74, 6) is -1.63. The number of carbonyl (C=O) groups is 2. The summed E-state index contributed by atoms with van der Waals surface area (Å²) in [5, 5.41) is 0. The van der Waals surface area contributed by atoms with Gasteiger partial charge in [-0.15, -0.1) is 0 Å². The lowest BCUT2D eigenvalue weighted by Crippen LogP contribution is -2.28. The molecule has 4 heteroatoms.